The first kappa shape index (κ1) is 14.2. The standard InChI is InChI=1S/C11H13F2NO2.ClH/c12-10-2-1-8(5-11(10)13)16-7-9-6-14-3-4-15-9;/h1-2,5,9,14H,3-4,6-7H2;1H. The summed E-state index contributed by atoms with van der Waals surface area (Å²) in [5.74, 6) is -1.46. The number of morpholine rings is 1. The number of nitrogens with one attached hydrogen (secondary N) is 1. The molecule has 96 valence electrons. The summed E-state index contributed by atoms with van der Waals surface area (Å²) in [7, 11) is 0. The van der Waals surface area contributed by atoms with Crippen LogP contribution < -0.4 is 10.1 Å². The minimum absolute atomic E-state index is 0. The van der Waals surface area contributed by atoms with Gasteiger partial charge >= 0.3 is 0 Å². The van der Waals surface area contributed by atoms with E-state index in [0.29, 0.717) is 25.5 Å². The lowest BCUT2D eigenvalue weighted by atomic mass is 10.3. The van der Waals surface area contributed by atoms with E-state index in [-0.39, 0.29) is 18.5 Å². The molecule has 1 aromatic rings. The van der Waals surface area contributed by atoms with E-state index in [0.717, 1.165) is 18.7 Å². The predicted molar refractivity (Wildman–Crippen MR) is 61.7 cm³/mol. The van der Waals surface area contributed by atoms with Crippen molar-refractivity contribution in [1.82, 2.24) is 5.32 Å². The van der Waals surface area contributed by atoms with Gasteiger partial charge in [0.25, 0.3) is 0 Å². The van der Waals surface area contributed by atoms with Crippen molar-refractivity contribution in [1.29, 1.82) is 0 Å². The molecule has 2 rings (SSSR count). The van der Waals surface area contributed by atoms with Gasteiger partial charge in [-0.25, -0.2) is 8.78 Å². The summed E-state index contributed by atoms with van der Waals surface area (Å²) in [5, 5.41) is 3.15. The van der Waals surface area contributed by atoms with Gasteiger partial charge in [0, 0.05) is 19.2 Å². The summed E-state index contributed by atoms with van der Waals surface area (Å²) in [6.45, 7) is 2.52. The van der Waals surface area contributed by atoms with Gasteiger partial charge in [0.1, 0.15) is 18.5 Å². The van der Waals surface area contributed by atoms with Crippen LogP contribution in [0.5, 0.6) is 5.75 Å². The van der Waals surface area contributed by atoms with Gasteiger partial charge in [-0.15, -0.1) is 12.4 Å². The van der Waals surface area contributed by atoms with Crippen molar-refractivity contribution in [2.24, 2.45) is 0 Å². The number of benzene rings is 1. The maximum absolute atomic E-state index is 12.8. The normalized spacial score (nSPS) is 19.5. The van der Waals surface area contributed by atoms with Crippen LogP contribution >= 0.6 is 12.4 Å². The van der Waals surface area contributed by atoms with Crippen LogP contribution in [0.25, 0.3) is 0 Å². The molecular weight excluding hydrogens is 252 g/mol. The highest BCUT2D eigenvalue weighted by atomic mass is 35.5. The van der Waals surface area contributed by atoms with E-state index < -0.39 is 11.6 Å². The second-order valence-corrected chi connectivity index (χ2v) is 3.58. The van der Waals surface area contributed by atoms with Gasteiger partial charge in [-0.3, -0.25) is 0 Å². The van der Waals surface area contributed by atoms with Crippen LogP contribution in [0, 0.1) is 11.6 Å². The topological polar surface area (TPSA) is 30.5 Å². The minimum atomic E-state index is -0.903. The minimum Gasteiger partial charge on any atom is -0.491 e. The number of ether oxygens (including phenoxy) is 2. The van der Waals surface area contributed by atoms with Crippen molar-refractivity contribution in [2.45, 2.75) is 6.10 Å². The average molecular weight is 266 g/mol. The smallest absolute Gasteiger partial charge is 0.162 e. The molecule has 0 spiro atoms. The van der Waals surface area contributed by atoms with Crippen molar-refractivity contribution in [3.8, 4) is 5.75 Å². The van der Waals surface area contributed by atoms with E-state index in [1.807, 2.05) is 0 Å². The van der Waals surface area contributed by atoms with Gasteiger partial charge in [-0.05, 0) is 12.1 Å². The van der Waals surface area contributed by atoms with E-state index in [9.17, 15) is 8.78 Å². The van der Waals surface area contributed by atoms with Gasteiger partial charge in [0.15, 0.2) is 11.6 Å². The number of hydrogen-bond donors (Lipinski definition) is 1. The van der Waals surface area contributed by atoms with E-state index >= 15 is 0 Å². The second kappa shape index (κ2) is 6.74. The van der Waals surface area contributed by atoms with E-state index in [1.165, 1.54) is 6.07 Å². The zero-order valence-corrected chi connectivity index (χ0v) is 9.93. The van der Waals surface area contributed by atoms with E-state index in [1.54, 1.807) is 0 Å². The van der Waals surface area contributed by atoms with Crippen LogP contribution in [-0.4, -0.2) is 32.4 Å². The summed E-state index contributed by atoms with van der Waals surface area (Å²) < 4.78 is 36.2. The Labute approximate surface area is 105 Å². The van der Waals surface area contributed by atoms with E-state index in [4.69, 9.17) is 9.47 Å². The highest BCUT2D eigenvalue weighted by Gasteiger charge is 2.14. The molecule has 1 N–H and O–H groups in total. The molecule has 1 aromatic carbocycles. The van der Waals surface area contributed by atoms with Crippen molar-refractivity contribution in [3.05, 3.63) is 29.8 Å². The zero-order valence-electron chi connectivity index (χ0n) is 9.12. The summed E-state index contributed by atoms with van der Waals surface area (Å²) in [4.78, 5) is 0. The fourth-order valence-corrected chi connectivity index (χ4v) is 1.48. The Morgan fingerprint density at radius 1 is 1.35 bits per heavy atom. The van der Waals surface area contributed by atoms with Crippen LogP contribution in [0.2, 0.25) is 0 Å². The Balaban J connectivity index is 0.00000144. The average Bonchev–Trinajstić information content (AvgIpc) is 2.32. The molecular formula is C11H14ClF2NO2. The van der Waals surface area contributed by atoms with Gasteiger partial charge in [0.05, 0.1) is 6.61 Å². The quantitative estimate of drug-likeness (QED) is 0.903. The first-order valence-electron chi connectivity index (χ1n) is 5.16. The molecule has 0 aromatic heterocycles. The van der Waals surface area contributed by atoms with Gasteiger partial charge in [-0.2, -0.15) is 0 Å². The Morgan fingerprint density at radius 2 is 2.18 bits per heavy atom. The zero-order chi connectivity index (χ0) is 11.4. The third-order valence-electron chi connectivity index (χ3n) is 2.33. The number of halogens is 3. The fraction of sp³-hybridized carbons (Fsp3) is 0.455. The largest absolute Gasteiger partial charge is 0.491 e. The summed E-state index contributed by atoms with van der Waals surface area (Å²) in [6.07, 6.45) is -0.0399. The molecule has 0 saturated carbocycles. The van der Waals surface area contributed by atoms with Crippen molar-refractivity contribution in [2.75, 3.05) is 26.3 Å². The number of rotatable bonds is 3. The summed E-state index contributed by atoms with van der Waals surface area (Å²) >= 11 is 0. The van der Waals surface area contributed by atoms with Crippen LogP contribution in [0.15, 0.2) is 18.2 Å². The Bertz CT molecular complexity index is 359. The van der Waals surface area contributed by atoms with E-state index in [2.05, 4.69) is 5.32 Å². The number of hydrogen-bond acceptors (Lipinski definition) is 3. The SMILES string of the molecule is Cl.Fc1ccc(OCC2CNCCO2)cc1F. The third-order valence-corrected chi connectivity index (χ3v) is 2.33. The third kappa shape index (κ3) is 4.11. The maximum Gasteiger partial charge on any atom is 0.162 e. The molecule has 0 bridgehead atoms. The highest BCUT2D eigenvalue weighted by Crippen LogP contribution is 2.15. The molecule has 1 heterocycles. The van der Waals surface area contributed by atoms with Crippen molar-refractivity contribution < 1.29 is 18.3 Å². The Morgan fingerprint density at radius 3 is 2.82 bits per heavy atom. The first-order valence-corrected chi connectivity index (χ1v) is 5.16. The van der Waals surface area contributed by atoms with Crippen LogP contribution in [0.4, 0.5) is 8.78 Å². The monoisotopic (exact) mass is 265 g/mol. The Hall–Kier alpha value is -0.910. The van der Waals surface area contributed by atoms with Gasteiger partial charge in [-0.1, -0.05) is 0 Å². The first-order chi connectivity index (χ1) is 7.75. The molecule has 1 aliphatic heterocycles. The summed E-state index contributed by atoms with van der Waals surface area (Å²) in [6, 6.07) is 3.48. The highest BCUT2D eigenvalue weighted by molar-refractivity contribution is 5.85. The van der Waals surface area contributed by atoms with Gasteiger partial charge in [0.2, 0.25) is 0 Å². The second-order valence-electron chi connectivity index (χ2n) is 3.58. The Kier molecular flexibility index (Phi) is 5.61. The predicted octanol–water partition coefficient (Wildman–Crippen LogP) is 1.75. The fourth-order valence-electron chi connectivity index (χ4n) is 1.48. The molecule has 1 atom stereocenters. The molecule has 6 heteroatoms. The molecule has 3 nitrogen and oxygen atoms in total. The van der Waals surface area contributed by atoms with Crippen molar-refractivity contribution in [3.63, 3.8) is 0 Å². The summed E-state index contributed by atoms with van der Waals surface area (Å²) in [5.41, 5.74) is 0. The molecule has 1 unspecified atom stereocenters. The van der Waals surface area contributed by atoms with Crippen LogP contribution in [-0.2, 0) is 4.74 Å². The molecule has 0 aliphatic carbocycles. The molecule has 1 fully saturated rings. The lowest BCUT2D eigenvalue weighted by molar-refractivity contribution is 0.000116. The lowest BCUT2D eigenvalue weighted by Crippen LogP contribution is -2.41. The maximum atomic E-state index is 12.8. The van der Waals surface area contributed by atoms with Crippen molar-refractivity contribution >= 4 is 12.4 Å². The molecule has 1 saturated heterocycles. The molecule has 1 aliphatic rings. The lowest BCUT2D eigenvalue weighted by Gasteiger charge is -2.23. The van der Waals surface area contributed by atoms with Crippen LogP contribution in [0.3, 0.4) is 0 Å². The van der Waals surface area contributed by atoms with Crippen LogP contribution in [0.1, 0.15) is 0 Å². The van der Waals surface area contributed by atoms with Gasteiger partial charge < -0.3 is 14.8 Å². The molecule has 0 amide bonds. The molecule has 17 heavy (non-hydrogen) atoms. The molecule has 0 radical (unpaired) electrons.